The molecule has 6 nitrogen and oxygen atoms in total. The summed E-state index contributed by atoms with van der Waals surface area (Å²) >= 11 is 6.07. The Bertz CT molecular complexity index is 1090. The summed E-state index contributed by atoms with van der Waals surface area (Å²) in [6.45, 7) is 0.458. The fraction of sp³-hybridized carbons (Fsp3) is 0.182. The average Bonchev–Trinajstić information content (AvgIpc) is 3.16. The number of hydrogen-bond donors (Lipinski definition) is 1. The molecule has 4 aromatic rings. The number of halogens is 1. The van der Waals surface area contributed by atoms with Crippen LogP contribution in [-0.4, -0.2) is 41.6 Å². The SMILES string of the molecule is COC(CNc1ncnc2c1c(-c1ccccc1)cn2-c1ccc(Cl)cc1)OC. The van der Waals surface area contributed by atoms with E-state index in [0.29, 0.717) is 11.6 Å². The Morgan fingerprint density at radius 2 is 1.72 bits per heavy atom. The molecule has 0 aliphatic heterocycles. The quantitative estimate of drug-likeness (QED) is 0.446. The van der Waals surface area contributed by atoms with Gasteiger partial charge in [0.1, 0.15) is 12.1 Å². The van der Waals surface area contributed by atoms with Crippen LogP contribution in [0.25, 0.3) is 27.8 Å². The number of nitrogens with zero attached hydrogens (tertiary/aromatic N) is 3. The number of hydrogen-bond acceptors (Lipinski definition) is 5. The van der Waals surface area contributed by atoms with Crippen LogP contribution in [0.15, 0.2) is 67.1 Å². The van der Waals surface area contributed by atoms with E-state index in [4.69, 9.17) is 21.1 Å². The Morgan fingerprint density at radius 1 is 1.00 bits per heavy atom. The van der Waals surface area contributed by atoms with Crippen molar-refractivity contribution in [1.82, 2.24) is 14.5 Å². The lowest BCUT2D eigenvalue weighted by molar-refractivity contribution is -0.0914. The molecule has 148 valence electrons. The van der Waals surface area contributed by atoms with Gasteiger partial charge in [0.2, 0.25) is 0 Å². The molecule has 0 atom stereocenters. The Labute approximate surface area is 174 Å². The smallest absolute Gasteiger partial charge is 0.173 e. The maximum Gasteiger partial charge on any atom is 0.173 e. The fourth-order valence-corrected chi connectivity index (χ4v) is 3.40. The lowest BCUT2D eigenvalue weighted by Gasteiger charge is -2.15. The lowest BCUT2D eigenvalue weighted by Crippen LogP contribution is -2.24. The summed E-state index contributed by atoms with van der Waals surface area (Å²) in [7, 11) is 3.22. The Kier molecular flexibility index (Phi) is 5.76. The molecule has 2 aromatic heterocycles. The van der Waals surface area contributed by atoms with Gasteiger partial charge in [0, 0.05) is 36.7 Å². The van der Waals surface area contributed by atoms with Gasteiger partial charge < -0.3 is 19.4 Å². The summed E-state index contributed by atoms with van der Waals surface area (Å²) in [5.41, 5.74) is 3.89. The van der Waals surface area contributed by atoms with E-state index in [1.807, 2.05) is 47.0 Å². The minimum Gasteiger partial charge on any atom is -0.364 e. The Morgan fingerprint density at radius 3 is 2.41 bits per heavy atom. The minimum absolute atomic E-state index is 0.376. The highest BCUT2D eigenvalue weighted by atomic mass is 35.5. The van der Waals surface area contributed by atoms with E-state index in [-0.39, 0.29) is 6.29 Å². The van der Waals surface area contributed by atoms with Crippen molar-refractivity contribution in [2.45, 2.75) is 6.29 Å². The first-order valence-corrected chi connectivity index (χ1v) is 9.56. The van der Waals surface area contributed by atoms with Gasteiger partial charge in [0.05, 0.1) is 11.9 Å². The summed E-state index contributed by atoms with van der Waals surface area (Å²) in [5, 5.41) is 4.96. The van der Waals surface area contributed by atoms with Gasteiger partial charge in [-0.25, -0.2) is 9.97 Å². The largest absolute Gasteiger partial charge is 0.364 e. The third-order valence-electron chi connectivity index (χ3n) is 4.73. The van der Waals surface area contributed by atoms with Crippen molar-refractivity contribution in [2.24, 2.45) is 0 Å². The van der Waals surface area contributed by atoms with E-state index in [1.54, 1.807) is 20.5 Å². The molecule has 1 N–H and O–H groups in total. The minimum atomic E-state index is -0.376. The molecule has 0 amide bonds. The number of aromatic nitrogens is 3. The molecule has 2 aromatic carbocycles. The number of methoxy groups -OCH3 is 2. The molecule has 0 unspecified atom stereocenters. The molecule has 0 bridgehead atoms. The number of benzene rings is 2. The zero-order valence-electron chi connectivity index (χ0n) is 16.2. The van der Waals surface area contributed by atoms with Gasteiger partial charge in [-0.2, -0.15) is 0 Å². The first-order valence-electron chi connectivity index (χ1n) is 9.18. The van der Waals surface area contributed by atoms with Crippen LogP contribution in [-0.2, 0) is 9.47 Å². The summed E-state index contributed by atoms with van der Waals surface area (Å²) in [4.78, 5) is 9.06. The van der Waals surface area contributed by atoms with Crippen molar-refractivity contribution in [3.05, 3.63) is 72.1 Å². The monoisotopic (exact) mass is 408 g/mol. The molecule has 29 heavy (non-hydrogen) atoms. The van der Waals surface area contributed by atoms with Crippen molar-refractivity contribution in [1.29, 1.82) is 0 Å². The molecular formula is C22H21ClN4O2. The van der Waals surface area contributed by atoms with Gasteiger partial charge in [-0.1, -0.05) is 41.9 Å². The van der Waals surface area contributed by atoms with Gasteiger partial charge in [0.15, 0.2) is 11.9 Å². The number of fused-ring (bicyclic) bond motifs is 1. The average molecular weight is 409 g/mol. The van der Waals surface area contributed by atoms with Crippen molar-refractivity contribution in [3.8, 4) is 16.8 Å². The number of anilines is 1. The third kappa shape index (κ3) is 3.96. The van der Waals surface area contributed by atoms with E-state index in [1.165, 1.54) is 0 Å². The first kappa shape index (κ1) is 19.4. The summed E-state index contributed by atoms with van der Waals surface area (Å²) in [6.07, 6.45) is 3.26. The predicted molar refractivity (Wildman–Crippen MR) is 116 cm³/mol. The molecule has 0 saturated carbocycles. The van der Waals surface area contributed by atoms with Gasteiger partial charge in [-0.3, -0.25) is 0 Å². The fourth-order valence-electron chi connectivity index (χ4n) is 3.27. The Balaban J connectivity index is 1.88. The highest BCUT2D eigenvalue weighted by Crippen LogP contribution is 2.35. The highest BCUT2D eigenvalue weighted by molar-refractivity contribution is 6.30. The molecule has 0 aliphatic carbocycles. The molecule has 0 spiro atoms. The van der Waals surface area contributed by atoms with E-state index in [0.717, 1.165) is 33.7 Å². The number of rotatable bonds is 7. The molecule has 0 saturated heterocycles. The summed E-state index contributed by atoms with van der Waals surface area (Å²) in [6, 6.07) is 17.9. The highest BCUT2D eigenvalue weighted by Gasteiger charge is 2.18. The lowest BCUT2D eigenvalue weighted by atomic mass is 10.1. The topological polar surface area (TPSA) is 61.2 Å². The molecule has 0 aliphatic rings. The Hall–Kier alpha value is -2.93. The van der Waals surface area contributed by atoms with Crippen molar-refractivity contribution in [3.63, 3.8) is 0 Å². The molecule has 4 rings (SSSR count). The maximum absolute atomic E-state index is 6.07. The third-order valence-corrected chi connectivity index (χ3v) is 4.99. The van der Waals surface area contributed by atoms with Crippen LogP contribution < -0.4 is 5.32 Å². The number of nitrogens with one attached hydrogen (secondary N) is 1. The molecular weight excluding hydrogens is 388 g/mol. The van der Waals surface area contributed by atoms with Crippen molar-refractivity contribution < 1.29 is 9.47 Å². The summed E-state index contributed by atoms with van der Waals surface area (Å²) < 4.78 is 12.6. The van der Waals surface area contributed by atoms with Gasteiger partial charge in [-0.05, 0) is 29.8 Å². The van der Waals surface area contributed by atoms with Crippen LogP contribution in [0.5, 0.6) is 0 Å². The molecule has 0 fully saturated rings. The van der Waals surface area contributed by atoms with E-state index in [2.05, 4.69) is 33.6 Å². The standard InChI is InChI=1S/C22H21ClN4O2/c1-28-19(29-2)12-24-21-20-18(15-6-4-3-5-7-15)13-27(22(20)26-14-25-21)17-10-8-16(23)9-11-17/h3-11,13-14,19H,12H2,1-2H3,(H,24,25,26). The van der Waals surface area contributed by atoms with Crippen LogP contribution in [0.3, 0.4) is 0 Å². The van der Waals surface area contributed by atoms with Crippen LogP contribution in [0.1, 0.15) is 0 Å². The molecule has 7 heteroatoms. The van der Waals surface area contributed by atoms with Crippen LogP contribution in [0.2, 0.25) is 5.02 Å². The molecule has 2 heterocycles. The van der Waals surface area contributed by atoms with Gasteiger partial charge in [-0.15, -0.1) is 0 Å². The second kappa shape index (κ2) is 8.61. The van der Waals surface area contributed by atoms with Crippen LogP contribution in [0.4, 0.5) is 5.82 Å². The van der Waals surface area contributed by atoms with Crippen LogP contribution in [0, 0.1) is 0 Å². The van der Waals surface area contributed by atoms with Gasteiger partial charge >= 0.3 is 0 Å². The maximum atomic E-state index is 6.07. The van der Waals surface area contributed by atoms with Crippen LogP contribution >= 0.6 is 11.6 Å². The predicted octanol–water partition coefficient (Wildman–Crippen LogP) is 4.77. The van der Waals surface area contributed by atoms with Crippen molar-refractivity contribution >= 4 is 28.5 Å². The van der Waals surface area contributed by atoms with E-state index in [9.17, 15) is 0 Å². The normalized spacial score (nSPS) is 11.3. The second-order valence-electron chi connectivity index (χ2n) is 6.46. The first-order chi connectivity index (χ1) is 14.2. The molecule has 0 radical (unpaired) electrons. The second-order valence-corrected chi connectivity index (χ2v) is 6.89. The van der Waals surface area contributed by atoms with E-state index < -0.39 is 0 Å². The zero-order chi connectivity index (χ0) is 20.2. The zero-order valence-corrected chi connectivity index (χ0v) is 16.9. The summed E-state index contributed by atoms with van der Waals surface area (Å²) in [5.74, 6) is 0.723. The van der Waals surface area contributed by atoms with E-state index >= 15 is 0 Å². The van der Waals surface area contributed by atoms with Gasteiger partial charge in [0.25, 0.3) is 0 Å². The van der Waals surface area contributed by atoms with Crippen molar-refractivity contribution in [2.75, 3.05) is 26.1 Å². The number of ether oxygens (including phenoxy) is 2.